The van der Waals surface area contributed by atoms with Gasteiger partial charge in [0.1, 0.15) is 5.82 Å². The van der Waals surface area contributed by atoms with E-state index in [1.165, 1.54) is 0 Å². The van der Waals surface area contributed by atoms with Gasteiger partial charge in [-0.2, -0.15) is 0 Å². The second-order valence-electron chi connectivity index (χ2n) is 3.65. The maximum Gasteiger partial charge on any atom is 0.168 e. The van der Waals surface area contributed by atoms with E-state index in [9.17, 15) is 5.11 Å². The third-order valence-electron chi connectivity index (χ3n) is 2.48. The van der Waals surface area contributed by atoms with Crippen molar-refractivity contribution >= 4 is 17.8 Å². The second kappa shape index (κ2) is 5.70. The van der Waals surface area contributed by atoms with Crippen molar-refractivity contribution < 1.29 is 5.11 Å². The Hall–Kier alpha value is -1.52. The predicted octanol–water partition coefficient (Wildman–Crippen LogP) is 1.35. The molecule has 0 radical (unpaired) electrons. The Balaban J connectivity index is 2.13. The van der Waals surface area contributed by atoms with Crippen LogP contribution in [0.3, 0.4) is 0 Å². The summed E-state index contributed by atoms with van der Waals surface area (Å²) in [6.07, 6.45) is 1.70. The van der Waals surface area contributed by atoms with Crippen molar-refractivity contribution in [2.45, 2.75) is 6.04 Å². The van der Waals surface area contributed by atoms with Crippen LogP contribution in [0.2, 0.25) is 0 Å². The van der Waals surface area contributed by atoms with E-state index in [4.69, 9.17) is 11.6 Å². The molecule has 0 aromatic heterocycles. The lowest BCUT2D eigenvalue weighted by Crippen LogP contribution is -2.34. The molecule has 0 saturated carbocycles. The van der Waals surface area contributed by atoms with Gasteiger partial charge in [0, 0.05) is 6.21 Å². The molecule has 1 aliphatic heterocycles. The van der Waals surface area contributed by atoms with Gasteiger partial charge < -0.3 is 15.7 Å². The number of hydrogen-bond donors (Lipinski definition) is 3. The van der Waals surface area contributed by atoms with E-state index in [1.54, 1.807) is 6.21 Å². The highest BCUT2D eigenvalue weighted by molar-refractivity contribution is 6.30. The number of aliphatic hydroxyl groups excluding tert-OH is 1. The zero-order chi connectivity index (χ0) is 12.1. The number of rotatable bonds is 4. The van der Waals surface area contributed by atoms with Gasteiger partial charge in [0.2, 0.25) is 0 Å². The molecule has 1 unspecified atom stereocenters. The maximum atomic E-state index is 9.40. The van der Waals surface area contributed by atoms with Crippen molar-refractivity contribution in [2.75, 3.05) is 13.2 Å². The molecule has 0 amide bonds. The predicted molar refractivity (Wildman–Crippen MR) is 68.8 cm³/mol. The van der Waals surface area contributed by atoms with Crippen molar-refractivity contribution in [3.05, 3.63) is 46.9 Å². The highest BCUT2D eigenvalue weighted by atomic mass is 35.5. The van der Waals surface area contributed by atoms with Crippen LogP contribution in [-0.4, -0.2) is 24.5 Å². The zero-order valence-electron chi connectivity index (χ0n) is 9.23. The third-order valence-corrected chi connectivity index (χ3v) is 2.77. The SMILES string of the molecule is OCC(NC1=C(Cl)N=CCN1)c1ccccc1. The van der Waals surface area contributed by atoms with Gasteiger partial charge >= 0.3 is 0 Å². The van der Waals surface area contributed by atoms with Gasteiger partial charge in [-0.3, -0.25) is 0 Å². The Kier molecular flexibility index (Phi) is 4.01. The van der Waals surface area contributed by atoms with Crippen LogP contribution in [0.15, 0.2) is 46.3 Å². The van der Waals surface area contributed by atoms with E-state index in [0.29, 0.717) is 17.5 Å². The Morgan fingerprint density at radius 2 is 2.18 bits per heavy atom. The minimum Gasteiger partial charge on any atom is -0.394 e. The lowest BCUT2D eigenvalue weighted by molar-refractivity contribution is 0.250. The molecule has 0 saturated heterocycles. The minimum atomic E-state index is -0.194. The summed E-state index contributed by atoms with van der Waals surface area (Å²) in [4.78, 5) is 4.01. The summed E-state index contributed by atoms with van der Waals surface area (Å²) in [5.74, 6) is 0.650. The number of nitrogens with one attached hydrogen (secondary N) is 2. The maximum absolute atomic E-state index is 9.40. The summed E-state index contributed by atoms with van der Waals surface area (Å²) in [5, 5.41) is 16.0. The fraction of sp³-hybridized carbons (Fsp3) is 0.250. The van der Waals surface area contributed by atoms with Crippen LogP contribution in [0.4, 0.5) is 0 Å². The van der Waals surface area contributed by atoms with Crippen LogP contribution < -0.4 is 10.6 Å². The van der Waals surface area contributed by atoms with Crippen molar-refractivity contribution in [2.24, 2.45) is 4.99 Å². The van der Waals surface area contributed by atoms with E-state index in [1.807, 2.05) is 30.3 Å². The summed E-state index contributed by atoms with van der Waals surface area (Å²) < 4.78 is 0. The Labute approximate surface area is 105 Å². The number of benzene rings is 1. The summed E-state index contributed by atoms with van der Waals surface area (Å²) in [6.45, 7) is 0.620. The highest BCUT2D eigenvalue weighted by Crippen LogP contribution is 2.16. The van der Waals surface area contributed by atoms with Crippen LogP contribution in [0.1, 0.15) is 11.6 Å². The summed E-state index contributed by atoms with van der Waals surface area (Å²) in [6, 6.07) is 9.52. The van der Waals surface area contributed by atoms with Gasteiger partial charge in [-0.05, 0) is 5.56 Å². The molecule has 3 N–H and O–H groups in total. The lowest BCUT2D eigenvalue weighted by atomic mass is 10.1. The zero-order valence-corrected chi connectivity index (χ0v) is 9.98. The molecule has 2 rings (SSSR count). The van der Waals surface area contributed by atoms with Crippen LogP contribution >= 0.6 is 11.6 Å². The number of aliphatic imine (C=N–C) groups is 1. The Morgan fingerprint density at radius 3 is 2.82 bits per heavy atom. The first-order valence-electron chi connectivity index (χ1n) is 5.40. The molecule has 0 fully saturated rings. The lowest BCUT2D eigenvalue weighted by Gasteiger charge is -2.22. The molecule has 17 heavy (non-hydrogen) atoms. The fourth-order valence-electron chi connectivity index (χ4n) is 1.62. The first kappa shape index (κ1) is 12.0. The van der Waals surface area contributed by atoms with Gasteiger partial charge in [-0.15, -0.1) is 0 Å². The van der Waals surface area contributed by atoms with E-state index in [0.717, 1.165) is 5.56 Å². The quantitative estimate of drug-likeness (QED) is 0.708. The van der Waals surface area contributed by atoms with Crippen LogP contribution in [0, 0.1) is 0 Å². The molecule has 1 aromatic carbocycles. The Morgan fingerprint density at radius 1 is 1.41 bits per heavy atom. The second-order valence-corrected chi connectivity index (χ2v) is 4.01. The van der Waals surface area contributed by atoms with Gasteiger partial charge in [-0.1, -0.05) is 41.9 Å². The van der Waals surface area contributed by atoms with E-state index < -0.39 is 0 Å². The average molecular weight is 252 g/mol. The molecule has 4 nitrogen and oxygen atoms in total. The molecule has 0 aliphatic carbocycles. The van der Waals surface area contributed by atoms with E-state index >= 15 is 0 Å². The minimum absolute atomic E-state index is 0.0108. The number of nitrogens with zero attached hydrogens (tertiary/aromatic N) is 1. The molecule has 0 spiro atoms. The van der Waals surface area contributed by atoms with Crippen molar-refractivity contribution in [3.63, 3.8) is 0 Å². The summed E-state index contributed by atoms with van der Waals surface area (Å²) in [5.41, 5.74) is 1.00. The normalized spacial score (nSPS) is 16.6. The monoisotopic (exact) mass is 251 g/mol. The van der Waals surface area contributed by atoms with Crippen LogP contribution in [-0.2, 0) is 0 Å². The van der Waals surface area contributed by atoms with Crippen LogP contribution in [0.25, 0.3) is 0 Å². The highest BCUT2D eigenvalue weighted by Gasteiger charge is 2.14. The number of hydrogen-bond acceptors (Lipinski definition) is 4. The largest absolute Gasteiger partial charge is 0.394 e. The van der Waals surface area contributed by atoms with Crippen molar-refractivity contribution in [1.82, 2.24) is 10.6 Å². The average Bonchev–Trinajstić information content (AvgIpc) is 2.39. The number of aliphatic hydroxyl groups is 1. The van der Waals surface area contributed by atoms with Gasteiger partial charge in [0.05, 0.1) is 19.2 Å². The molecule has 0 bridgehead atoms. The molecule has 90 valence electrons. The molecule has 5 heteroatoms. The Bertz CT molecular complexity index is 431. The summed E-state index contributed by atoms with van der Waals surface area (Å²) in [7, 11) is 0. The fourth-order valence-corrected chi connectivity index (χ4v) is 1.81. The first-order chi connectivity index (χ1) is 8.31. The number of halogens is 1. The third kappa shape index (κ3) is 2.99. The molecule has 1 aromatic rings. The molecule has 1 heterocycles. The molecular weight excluding hydrogens is 238 g/mol. The summed E-state index contributed by atoms with van der Waals surface area (Å²) >= 11 is 5.95. The van der Waals surface area contributed by atoms with Crippen molar-refractivity contribution in [1.29, 1.82) is 0 Å². The first-order valence-corrected chi connectivity index (χ1v) is 5.77. The van der Waals surface area contributed by atoms with Gasteiger partial charge in [0.15, 0.2) is 5.16 Å². The smallest absolute Gasteiger partial charge is 0.168 e. The standard InChI is InChI=1S/C12H14ClN3O/c13-11-12(15-7-6-14-11)16-10(8-17)9-4-2-1-3-5-9/h1-6,10,15-17H,7-8H2. The van der Waals surface area contributed by atoms with E-state index in [-0.39, 0.29) is 12.6 Å². The van der Waals surface area contributed by atoms with Gasteiger partial charge in [-0.25, -0.2) is 4.99 Å². The topological polar surface area (TPSA) is 56.6 Å². The van der Waals surface area contributed by atoms with Gasteiger partial charge in [0.25, 0.3) is 0 Å². The molecule has 1 atom stereocenters. The van der Waals surface area contributed by atoms with Crippen molar-refractivity contribution in [3.8, 4) is 0 Å². The molecule has 1 aliphatic rings. The van der Waals surface area contributed by atoms with E-state index in [2.05, 4.69) is 15.6 Å². The molecular formula is C12H14ClN3O. The van der Waals surface area contributed by atoms with Crippen LogP contribution in [0.5, 0.6) is 0 Å².